The Morgan fingerprint density at radius 2 is 1.86 bits per heavy atom. The van der Waals surface area contributed by atoms with E-state index in [-0.39, 0.29) is 5.60 Å². The molecule has 0 saturated carbocycles. The SMILES string of the molecule is CC(C)(Cc1ccccc1)OCCN1CCC(CN)CC1. The van der Waals surface area contributed by atoms with Crippen molar-refractivity contribution in [1.82, 2.24) is 4.90 Å². The van der Waals surface area contributed by atoms with E-state index >= 15 is 0 Å². The van der Waals surface area contributed by atoms with E-state index in [0.29, 0.717) is 0 Å². The summed E-state index contributed by atoms with van der Waals surface area (Å²) in [6, 6.07) is 10.6. The molecule has 0 aromatic heterocycles. The van der Waals surface area contributed by atoms with Gasteiger partial charge in [0, 0.05) is 13.0 Å². The fraction of sp³-hybridized carbons (Fsp3) is 0.667. The second-order valence-corrected chi connectivity index (χ2v) is 6.79. The Kier molecular flexibility index (Phi) is 6.22. The third-order valence-corrected chi connectivity index (χ3v) is 4.41. The van der Waals surface area contributed by atoms with Crippen LogP contribution in [0.1, 0.15) is 32.3 Å². The maximum Gasteiger partial charge on any atom is 0.0667 e. The molecule has 1 fully saturated rings. The number of nitrogens with zero attached hydrogens (tertiary/aromatic N) is 1. The minimum absolute atomic E-state index is 0.100. The number of hydrogen-bond donors (Lipinski definition) is 1. The second-order valence-electron chi connectivity index (χ2n) is 6.79. The van der Waals surface area contributed by atoms with Crippen molar-refractivity contribution in [2.24, 2.45) is 11.7 Å². The Morgan fingerprint density at radius 1 is 1.19 bits per heavy atom. The number of piperidine rings is 1. The van der Waals surface area contributed by atoms with Crippen LogP contribution in [0.4, 0.5) is 0 Å². The summed E-state index contributed by atoms with van der Waals surface area (Å²) in [5.74, 6) is 0.733. The molecule has 0 atom stereocenters. The van der Waals surface area contributed by atoms with Crippen LogP contribution in [-0.2, 0) is 11.2 Å². The first-order chi connectivity index (χ1) is 10.1. The maximum atomic E-state index is 6.12. The minimum atomic E-state index is -0.100. The summed E-state index contributed by atoms with van der Waals surface area (Å²) in [6.45, 7) is 9.40. The van der Waals surface area contributed by atoms with Gasteiger partial charge < -0.3 is 15.4 Å². The molecule has 2 rings (SSSR count). The number of nitrogens with two attached hydrogens (primary N) is 1. The van der Waals surface area contributed by atoms with Crippen LogP contribution in [0.25, 0.3) is 0 Å². The van der Waals surface area contributed by atoms with E-state index in [9.17, 15) is 0 Å². The summed E-state index contributed by atoms with van der Waals surface area (Å²) in [5, 5.41) is 0. The Balaban J connectivity index is 1.68. The number of rotatable bonds is 7. The van der Waals surface area contributed by atoms with Crippen molar-refractivity contribution in [3.63, 3.8) is 0 Å². The molecule has 1 heterocycles. The fourth-order valence-corrected chi connectivity index (χ4v) is 3.04. The van der Waals surface area contributed by atoms with E-state index in [1.807, 2.05) is 0 Å². The monoisotopic (exact) mass is 290 g/mol. The van der Waals surface area contributed by atoms with Crippen molar-refractivity contribution >= 4 is 0 Å². The molecule has 0 bridgehead atoms. The number of likely N-dealkylation sites (tertiary alicyclic amines) is 1. The lowest BCUT2D eigenvalue weighted by Crippen LogP contribution is -2.39. The van der Waals surface area contributed by atoms with Gasteiger partial charge in [-0.2, -0.15) is 0 Å². The molecule has 1 aromatic rings. The molecule has 3 heteroatoms. The van der Waals surface area contributed by atoms with Crippen LogP contribution in [0, 0.1) is 5.92 Å². The Morgan fingerprint density at radius 3 is 2.48 bits per heavy atom. The summed E-state index contributed by atoms with van der Waals surface area (Å²) in [4.78, 5) is 2.50. The van der Waals surface area contributed by atoms with Gasteiger partial charge in [0.2, 0.25) is 0 Å². The van der Waals surface area contributed by atoms with Gasteiger partial charge in [0.1, 0.15) is 0 Å². The predicted molar refractivity (Wildman–Crippen MR) is 88.4 cm³/mol. The molecule has 1 saturated heterocycles. The van der Waals surface area contributed by atoms with Gasteiger partial charge in [-0.3, -0.25) is 0 Å². The van der Waals surface area contributed by atoms with E-state index in [1.54, 1.807) is 0 Å². The molecule has 21 heavy (non-hydrogen) atoms. The van der Waals surface area contributed by atoms with Crippen molar-refractivity contribution < 1.29 is 4.74 Å². The highest BCUT2D eigenvalue weighted by Crippen LogP contribution is 2.18. The quantitative estimate of drug-likeness (QED) is 0.839. The summed E-state index contributed by atoms with van der Waals surface area (Å²) in [5.41, 5.74) is 6.97. The fourth-order valence-electron chi connectivity index (χ4n) is 3.04. The smallest absolute Gasteiger partial charge is 0.0667 e. The van der Waals surface area contributed by atoms with Crippen molar-refractivity contribution in [1.29, 1.82) is 0 Å². The first-order valence-electron chi connectivity index (χ1n) is 8.19. The number of ether oxygens (including phenoxy) is 1. The third-order valence-electron chi connectivity index (χ3n) is 4.41. The zero-order valence-corrected chi connectivity index (χ0v) is 13.6. The highest BCUT2D eigenvalue weighted by atomic mass is 16.5. The van der Waals surface area contributed by atoms with Crippen LogP contribution < -0.4 is 5.73 Å². The lowest BCUT2D eigenvalue weighted by Gasteiger charge is -2.32. The van der Waals surface area contributed by atoms with Gasteiger partial charge in [-0.05, 0) is 57.8 Å². The van der Waals surface area contributed by atoms with Crippen LogP contribution in [0.5, 0.6) is 0 Å². The van der Waals surface area contributed by atoms with Gasteiger partial charge in [0.15, 0.2) is 0 Å². The summed E-state index contributed by atoms with van der Waals surface area (Å²) >= 11 is 0. The Hall–Kier alpha value is -0.900. The Labute approximate surface area is 129 Å². The average Bonchev–Trinajstić information content (AvgIpc) is 2.48. The summed E-state index contributed by atoms with van der Waals surface area (Å²) < 4.78 is 6.12. The highest BCUT2D eigenvalue weighted by Gasteiger charge is 2.21. The molecular formula is C18H30N2O. The van der Waals surface area contributed by atoms with Gasteiger partial charge in [-0.1, -0.05) is 30.3 Å². The topological polar surface area (TPSA) is 38.5 Å². The van der Waals surface area contributed by atoms with Crippen LogP contribution in [0.2, 0.25) is 0 Å². The zero-order chi connectivity index (χ0) is 15.1. The largest absolute Gasteiger partial charge is 0.374 e. The summed E-state index contributed by atoms with van der Waals surface area (Å²) in [6.07, 6.45) is 3.44. The van der Waals surface area contributed by atoms with Crippen LogP contribution in [0.15, 0.2) is 30.3 Å². The van der Waals surface area contributed by atoms with Crippen LogP contribution in [-0.4, -0.2) is 43.3 Å². The molecule has 0 unspecified atom stereocenters. The van der Waals surface area contributed by atoms with Crippen LogP contribution in [0.3, 0.4) is 0 Å². The average molecular weight is 290 g/mol. The normalized spacial score (nSPS) is 18.0. The molecular weight excluding hydrogens is 260 g/mol. The molecule has 0 amide bonds. The predicted octanol–water partition coefficient (Wildman–Crippen LogP) is 2.70. The lowest BCUT2D eigenvalue weighted by atomic mass is 9.97. The number of benzene rings is 1. The second kappa shape index (κ2) is 7.92. The molecule has 2 N–H and O–H groups in total. The van der Waals surface area contributed by atoms with Gasteiger partial charge in [-0.25, -0.2) is 0 Å². The van der Waals surface area contributed by atoms with Gasteiger partial charge in [0.25, 0.3) is 0 Å². The van der Waals surface area contributed by atoms with Gasteiger partial charge in [0.05, 0.1) is 12.2 Å². The lowest BCUT2D eigenvalue weighted by molar-refractivity contribution is -0.0284. The first kappa shape index (κ1) is 16.5. The molecule has 1 aliphatic rings. The minimum Gasteiger partial charge on any atom is -0.374 e. The van der Waals surface area contributed by atoms with Gasteiger partial charge >= 0.3 is 0 Å². The molecule has 0 aliphatic carbocycles. The van der Waals surface area contributed by atoms with Crippen molar-refractivity contribution in [2.45, 2.75) is 38.7 Å². The molecule has 118 valence electrons. The maximum absolute atomic E-state index is 6.12. The highest BCUT2D eigenvalue weighted by molar-refractivity contribution is 5.16. The standard InChI is InChI=1S/C18H30N2O/c1-18(2,14-16-6-4-3-5-7-16)21-13-12-20-10-8-17(15-19)9-11-20/h3-7,17H,8-15,19H2,1-2H3. The molecule has 1 aliphatic heterocycles. The van der Waals surface area contributed by atoms with Crippen LogP contribution >= 0.6 is 0 Å². The molecule has 0 radical (unpaired) electrons. The molecule has 0 spiro atoms. The van der Waals surface area contributed by atoms with Crippen molar-refractivity contribution in [3.8, 4) is 0 Å². The van der Waals surface area contributed by atoms with E-state index in [1.165, 1.54) is 31.5 Å². The third kappa shape index (κ3) is 5.77. The van der Waals surface area contributed by atoms with E-state index in [2.05, 4.69) is 49.1 Å². The van der Waals surface area contributed by atoms with E-state index in [0.717, 1.165) is 32.0 Å². The van der Waals surface area contributed by atoms with E-state index < -0.39 is 0 Å². The summed E-state index contributed by atoms with van der Waals surface area (Å²) in [7, 11) is 0. The molecule has 1 aromatic carbocycles. The first-order valence-corrected chi connectivity index (χ1v) is 8.19. The van der Waals surface area contributed by atoms with Crippen molar-refractivity contribution in [3.05, 3.63) is 35.9 Å². The zero-order valence-electron chi connectivity index (χ0n) is 13.6. The number of hydrogen-bond acceptors (Lipinski definition) is 3. The van der Waals surface area contributed by atoms with Gasteiger partial charge in [-0.15, -0.1) is 0 Å². The van der Waals surface area contributed by atoms with Crippen molar-refractivity contribution in [2.75, 3.05) is 32.8 Å². The molecule has 3 nitrogen and oxygen atoms in total. The Bertz CT molecular complexity index is 397. The van der Waals surface area contributed by atoms with E-state index in [4.69, 9.17) is 10.5 Å².